The topological polar surface area (TPSA) is 75.7 Å². The van der Waals surface area contributed by atoms with Crippen LogP contribution in [0.4, 0.5) is 0 Å². The Bertz CT molecular complexity index is 868. The molecule has 1 aliphatic rings. The summed E-state index contributed by atoms with van der Waals surface area (Å²) >= 11 is 6.37. The molecule has 0 unspecified atom stereocenters. The Balaban J connectivity index is 1.45. The molecular formula is C18H16N2O4S2. The molecule has 0 aromatic heterocycles. The smallest absolute Gasteiger partial charge is 0.338 e. The van der Waals surface area contributed by atoms with E-state index in [1.54, 1.807) is 12.1 Å². The molecule has 1 N–H and O–H groups in total. The number of amides is 2. The van der Waals surface area contributed by atoms with Crippen LogP contribution in [0, 0.1) is 0 Å². The number of nitrogens with one attached hydrogen (secondary N) is 1. The van der Waals surface area contributed by atoms with Gasteiger partial charge in [0, 0.05) is 13.1 Å². The Morgan fingerprint density at radius 1 is 1.19 bits per heavy atom. The number of rotatable bonds is 6. The number of fused-ring (bicyclic) bond motifs is 1. The number of ether oxygens (including phenoxy) is 1. The van der Waals surface area contributed by atoms with Gasteiger partial charge >= 0.3 is 5.97 Å². The van der Waals surface area contributed by atoms with Crippen molar-refractivity contribution in [2.45, 2.75) is 0 Å². The summed E-state index contributed by atoms with van der Waals surface area (Å²) in [5.41, 5.74) is 0.390. The van der Waals surface area contributed by atoms with Gasteiger partial charge in [-0.25, -0.2) is 4.79 Å². The van der Waals surface area contributed by atoms with Crippen LogP contribution >= 0.6 is 24.0 Å². The minimum Gasteiger partial charge on any atom is -0.452 e. The van der Waals surface area contributed by atoms with Gasteiger partial charge in [0.25, 0.3) is 5.91 Å². The summed E-state index contributed by atoms with van der Waals surface area (Å²) in [6.45, 7) is 0.187. The highest BCUT2D eigenvalue weighted by atomic mass is 32.2. The molecule has 0 bridgehead atoms. The van der Waals surface area contributed by atoms with Crippen molar-refractivity contribution in [2.24, 2.45) is 0 Å². The summed E-state index contributed by atoms with van der Waals surface area (Å²) in [5, 5.41) is 4.56. The Kier molecular flexibility index (Phi) is 5.85. The summed E-state index contributed by atoms with van der Waals surface area (Å²) in [4.78, 5) is 36.9. The van der Waals surface area contributed by atoms with Crippen molar-refractivity contribution >= 4 is 56.9 Å². The molecule has 3 rings (SSSR count). The van der Waals surface area contributed by atoms with Crippen LogP contribution in [-0.4, -0.2) is 52.5 Å². The third-order valence-corrected chi connectivity index (χ3v) is 5.25. The maximum atomic E-state index is 12.1. The predicted molar refractivity (Wildman–Crippen MR) is 104 cm³/mol. The first-order valence-electron chi connectivity index (χ1n) is 7.94. The van der Waals surface area contributed by atoms with Crippen molar-refractivity contribution in [3.8, 4) is 0 Å². The molecule has 1 fully saturated rings. The normalized spacial score (nSPS) is 13.9. The zero-order valence-electron chi connectivity index (χ0n) is 13.8. The van der Waals surface area contributed by atoms with Gasteiger partial charge in [-0.2, -0.15) is 0 Å². The van der Waals surface area contributed by atoms with Crippen LogP contribution in [-0.2, 0) is 14.3 Å². The van der Waals surface area contributed by atoms with Crippen molar-refractivity contribution in [1.29, 1.82) is 0 Å². The number of esters is 1. The van der Waals surface area contributed by atoms with E-state index in [2.05, 4.69) is 5.32 Å². The first-order chi connectivity index (χ1) is 12.5. The largest absolute Gasteiger partial charge is 0.452 e. The van der Waals surface area contributed by atoms with Crippen LogP contribution in [0.3, 0.4) is 0 Å². The Morgan fingerprint density at radius 2 is 1.96 bits per heavy atom. The zero-order chi connectivity index (χ0) is 18.5. The molecule has 8 heteroatoms. The monoisotopic (exact) mass is 388 g/mol. The second-order valence-corrected chi connectivity index (χ2v) is 7.20. The van der Waals surface area contributed by atoms with Gasteiger partial charge in [0.15, 0.2) is 6.61 Å². The van der Waals surface area contributed by atoms with Crippen LogP contribution in [0.15, 0.2) is 42.5 Å². The molecule has 2 aromatic rings. The molecule has 0 radical (unpaired) electrons. The van der Waals surface area contributed by atoms with E-state index in [9.17, 15) is 14.4 Å². The van der Waals surface area contributed by atoms with Crippen LogP contribution in [0.25, 0.3) is 10.8 Å². The van der Waals surface area contributed by atoms with Crippen molar-refractivity contribution in [3.05, 3.63) is 48.0 Å². The number of carbonyl (C=O) groups is 3. The first-order valence-corrected chi connectivity index (χ1v) is 9.34. The molecule has 0 saturated carbocycles. The van der Waals surface area contributed by atoms with Gasteiger partial charge in [0.2, 0.25) is 5.91 Å². The van der Waals surface area contributed by atoms with Crippen LogP contribution in [0.5, 0.6) is 0 Å². The standard InChI is InChI=1S/C18H16N2O4S2/c21-15(19-7-8-20-16(22)11-26-18(20)25)10-24-17(23)14-6-5-12-3-1-2-4-13(12)9-14/h1-6,9H,7-8,10-11H2,(H,19,21). The summed E-state index contributed by atoms with van der Waals surface area (Å²) in [7, 11) is 0. The molecule has 1 saturated heterocycles. The van der Waals surface area contributed by atoms with E-state index in [0.29, 0.717) is 22.2 Å². The lowest BCUT2D eigenvalue weighted by Crippen LogP contribution is -2.38. The number of thioether (sulfide) groups is 1. The minimum atomic E-state index is -0.557. The SMILES string of the molecule is O=C(COC(=O)c1ccc2ccccc2c1)NCCN1C(=O)CSC1=S. The van der Waals surface area contributed by atoms with Crippen LogP contribution in [0.1, 0.15) is 10.4 Å². The van der Waals surface area contributed by atoms with Gasteiger partial charge in [-0.3, -0.25) is 14.5 Å². The lowest BCUT2D eigenvalue weighted by atomic mass is 10.1. The Hall–Kier alpha value is -2.45. The van der Waals surface area contributed by atoms with Crippen LogP contribution in [0.2, 0.25) is 0 Å². The van der Waals surface area contributed by atoms with E-state index in [1.165, 1.54) is 16.7 Å². The third kappa shape index (κ3) is 4.39. The van der Waals surface area contributed by atoms with E-state index < -0.39 is 11.9 Å². The number of hydrogen-bond donors (Lipinski definition) is 1. The predicted octanol–water partition coefficient (Wildman–Crippen LogP) is 1.97. The average molecular weight is 388 g/mol. The number of benzene rings is 2. The lowest BCUT2D eigenvalue weighted by Gasteiger charge is -2.15. The van der Waals surface area contributed by atoms with Gasteiger partial charge in [0.1, 0.15) is 4.32 Å². The van der Waals surface area contributed by atoms with Crippen molar-refractivity contribution in [2.75, 3.05) is 25.4 Å². The molecule has 2 amide bonds. The molecule has 0 spiro atoms. The lowest BCUT2D eigenvalue weighted by molar-refractivity contribution is -0.126. The summed E-state index contributed by atoms with van der Waals surface area (Å²) in [5.74, 6) is -0.699. The zero-order valence-corrected chi connectivity index (χ0v) is 15.4. The number of carbonyl (C=O) groups excluding carboxylic acids is 3. The van der Waals surface area contributed by atoms with E-state index in [4.69, 9.17) is 17.0 Å². The minimum absolute atomic E-state index is 0.0584. The number of nitrogens with zero attached hydrogens (tertiary/aromatic N) is 1. The molecule has 1 aliphatic heterocycles. The summed E-state index contributed by atoms with van der Waals surface area (Å²) in [6.07, 6.45) is 0. The molecule has 2 aromatic carbocycles. The number of thiocarbonyl (C=S) groups is 1. The third-order valence-electron chi connectivity index (χ3n) is 3.82. The highest BCUT2D eigenvalue weighted by Crippen LogP contribution is 2.18. The molecule has 6 nitrogen and oxygen atoms in total. The molecule has 134 valence electrons. The van der Waals surface area contributed by atoms with E-state index in [0.717, 1.165) is 10.8 Å². The fourth-order valence-electron chi connectivity index (χ4n) is 2.49. The van der Waals surface area contributed by atoms with Crippen LogP contribution < -0.4 is 5.32 Å². The molecule has 26 heavy (non-hydrogen) atoms. The highest BCUT2D eigenvalue weighted by molar-refractivity contribution is 8.23. The molecule has 1 heterocycles. The Labute approximate surface area is 159 Å². The Morgan fingerprint density at radius 3 is 2.69 bits per heavy atom. The average Bonchev–Trinajstić information content (AvgIpc) is 2.97. The highest BCUT2D eigenvalue weighted by Gasteiger charge is 2.25. The van der Waals surface area contributed by atoms with E-state index in [-0.39, 0.29) is 19.1 Å². The van der Waals surface area contributed by atoms with Gasteiger partial charge in [0.05, 0.1) is 11.3 Å². The second-order valence-electron chi connectivity index (χ2n) is 5.59. The van der Waals surface area contributed by atoms with Crippen molar-refractivity contribution < 1.29 is 19.1 Å². The first kappa shape index (κ1) is 18.3. The fourth-order valence-corrected chi connectivity index (χ4v) is 3.61. The maximum absolute atomic E-state index is 12.1. The van der Waals surface area contributed by atoms with Gasteiger partial charge in [-0.1, -0.05) is 54.3 Å². The summed E-state index contributed by atoms with van der Waals surface area (Å²) in [6, 6.07) is 12.9. The summed E-state index contributed by atoms with van der Waals surface area (Å²) < 4.78 is 5.56. The quantitative estimate of drug-likeness (QED) is 0.602. The van der Waals surface area contributed by atoms with E-state index >= 15 is 0 Å². The van der Waals surface area contributed by atoms with Crippen molar-refractivity contribution in [3.63, 3.8) is 0 Å². The van der Waals surface area contributed by atoms with Gasteiger partial charge in [-0.15, -0.1) is 0 Å². The maximum Gasteiger partial charge on any atom is 0.338 e. The van der Waals surface area contributed by atoms with Gasteiger partial charge < -0.3 is 10.1 Å². The molecule has 0 aliphatic carbocycles. The van der Waals surface area contributed by atoms with Gasteiger partial charge in [-0.05, 0) is 22.9 Å². The molecular weight excluding hydrogens is 372 g/mol. The number of hydrogen-bond acceptors (Lipinski definition) is 6. The molecule has 0 atom stereocenters. The van der Waals surface area contributed by atoms with E-state index in [1.807, 2.05) is 30.3 Å². The second kappa shape index (κ2) is 8.29. The fraction of sp³-hybridized carbons (Fsp3) is 0.222. The van der Waals surface area contributed by atoms with Crippen molar-refractivity contribution in [1.82, 2.24) is 10.2 Å².